The number of primary sulfonamides is 1. The van der Waals surface area contributed by atoms with Gasteiger partial charge in [-0.1, -0.05) is 6.07 Å². The van der Waals surface area contributed by atoms with Crippen LogP contribution in [-0.4, -0.2) is 45.5 Å². The number of carbonyl (C=O) groups excluding carboxylic acids is 1. The predicted octanol–water partition coefficient (Wildman–Crippen LogP) is 0.503. The Bertz CT molecular complexity index is 627. The van der Waals surface area contributed by atoms with Gasteiger partial charge in [0.25, 0.3) is 5.91 Å². The van der Waals surface area contributed by atoms with E-state index in [0.29, 0.717) is 18.7 Å². The van der Waals surface area contributed by atoms with Crippen molar-refractivity contribution in [3.8, 4) is 0 Å². The molecule has 0 spiro atoms. The highest BCUT2D eigenvalue weighted by Gasteiger charge is 2.28. The Morgan fingerprint density at radius 3 is 2.70 bits per heavy atom. The van der Waals surface area contributed by atoms with Crippen molar-refractivity contribution in [2.75, 3.05) is 20.2 Å². The van der Waals surface area contributed by atoms with Crippen molar-refractivity contribution in [2.24, 2.45) is 5.14 Å². The lowest BCUT2D eigenvalue weighted by Crippen LogP contribution is -2.30. The fourth-order valence-electron chi connectivity index (χ4n) is 2.28. The van der Waals surface area contributed by atoms with Crippen molar-refractivity contribution in [2.45, 2.75) is 24.3 Å². The highest BCUT2D eigenvalue weighted by Crippen LogP contribution is 2.20. The maximum absolute atomic E-state index is 12.4. The lowest BCUT2D eigenvalue weighted by atomic mass is 10.1. The minimum Gasteiger partial charge on any atom is -0.380 e. The van der Waals surface area contributed by atoms with Crippen molar-refractivity contribution < 1.29 is 17.9 Å². The van der Waals surface area contributed by atoms with Crippen LogP contribution in [0.5, 0.6) is 0 Å². The van der Waals surface area contributed by atoms with Gasteiger partial charge in [-0.25, -0.2) is 13.6 Å². The molecule has 0 saturated carbocycles. The van der Waals surface area contributed by atoms with Crippen LogP contribution < -0.4 is 5.14 Å². The number of methoxy groups -OCH3 is 1. The molecule has 110 valence electrons. The van der Waals surface area contributed by atoms with Gasteiger partial charge < -0.3 is 9.64 Å². The van der Waals surface area contributed by atoms with E-state index in [-0.39, 0.29) is 16.9 Å². The number of hydrogen-bond acceptors (Lipinski definition) is 4. The summed E-state index contributed by atoms with van der Waals surface area (Å²) >= 11 is 0. The first-order chi connectivity index (χ1) is 9.32. The lowest BCUT2D eigenvalue weighted by molar-refractivity contribution is 0.0723. The van der Waals surface area contributed by atoms with Gasteiger partial charge in [0, 0.05) is 25.8 Å². The van der Waals surface area contributed by atoms with Gasteiger partial charge in [0.2, 0.25) is 10.0 Å². The molecular weight excluding hydrogens is 280 g/mol. The topological polar surface area (TPSA) is 89.7 Å². The summed E-state index contributed by atoms with van der Waals surface area (Å²) in [7, 11) is -2.19. The average Bonchev–Trinajstić information content (AvgIpc) is 2.86. The van der Waals surface area contributed by atoms with Crippen LogP contribution in [0.2, 0.25) is 0 Å². The fourth-order valence-corrected chi connectivity index (χ4v) is 2.82. The van der Waals surface area contributed by atoms with Crippen LogP contribution in [0, 0.1) is 6.92 Å². The normalized spacial score (nSPS) is 19.4. The highest BCUT2D eigenvalue weighted by molar-refractivity contribution is 7.89. The van der Waals surface area contributed by atoms with Gasteiger partial charge in [0.15, 0.2) is 0 Å². The van der Waals surface area contributed by atoms with Crippen molar-refractivity contribution in [1.29, 1.82) is 0 Å². The molecule has 1 aliphatic heterocycles. The Balaban J connectivity index is 2.30. The number of sulfonamides is 1. The maximum Gasteiger partial charge on any atom is 0.254 e. The molecule has 0 aromatic heterocycles. The Morgan fingerprint density at radius 1 is 1.45 bits per heavy atom. The highest BCUT2D eigenvalue weighted by atomic mass is 32.2. The monoisotopic (exact) mass is 298 g/mol. The number of aryl methyl sites for hydroxylation is 1. The van der Waals surface area contributed by atoms with Crippen molar-refractivity contribution >= 4 is 15.9 Å². The maximum atomic E-state index is 12.4. The second kappa shape index (κ2) is 5.51. The van der Waals surface area contributed by atoms with E-state index in [1.807, 2.05) is 0 Å². The van der Waals surface area contributed by atoms with Crippen LogP contribution in [0.1, 0.15) is 22.3 Å². The number of carbonyl (C=O) groups is 1. The van der Waals surface area contributed by atoms with Crippen LogP contribution in [0.15, 0.2) is 23.1 Å². The lowest BCUT2D eigenvalue weighted by Gasteiger charge is -2.18. The largest absolute Gasteiger partial charge is 0.380 e. The molecule has 1 aliphatic rings. The summed E-state index contributed by atoms with van der Waals surface area (Å²) < 4.78 is 28.0. The zero-order valence-corrected chi connectivity index (χ0v) is 12.3. The van der Waals surface area contributed by atoms with Crippen LogP contribution in [0.25, 0.3) is 0 Å². The molecule has 7 heteroatoms. The SMILES string of the molecule is COC1CCN(C(=O)c2cc(S(N)(=O)=O)ccc2C)C1. The quantitative estimate of drug-likeness (QED) is 0.880. The van der Waals surface area contributed by atoms with Crippen LogP contribution >= 0.6 is 0 Å². The van der Waals surface area contributed by atoms with Gasteiger partial charge in [-0.05, 0) is 31.0 Å². The molecule has 1 aromatic rings. The van der Waals surface area contributed by atoms with Gasteiger partial charge >= 0.3 is 0 Å². The summed E-state index contributed by atoms with van der Waals surface area (Å²) in [5, 5.41) is 5.10. The Morgan fingerprint density at radius 2 is 2.15 bits per heavy atom. The van der Waals surface area contributed by atoms with Gasteiger partial charge in [0.05, 0.1) is 11.0 Å². The number of ether oxygens (including phenoxy) is 1. The molecule has 0 radical (unpaired) electrons. The number of hydrogen-bond donors (Lipinski definition) is 1. The van der Waals surface area contributed by atoms with E-state index < -0.39 is 10.0 Å². The first kappa shape index (κ1) is 15.0. The summed E-state index contributed by atoms with van der Waals surface area (Å²) in [6.45, 7) is 2.90. The van der Waals surface area contributed by atoms with E-state index in [0.717, 1.165) is 12.0 Å². The summed E-state index contributed by atoms with van der Waals surface area (Å²) in [5.74, 6) is -0.187. The molecule has 1 unspecified atom stereocenters. The van der Waals surface area contributed by atoms with Crippen LogP contribution in [-0.2, 0) is 14.8 Å². The van der Waals surface area contributed by atoms with E-state index in [4.69, 9.17) is 9.88 Å². The molecule has 0 aliphatic carbocycles. The minimum absolute atomic E-state index is 0.0423. The Kier molecular flexibility index (Phi) is 4.12. The number of rotatable bonds is 3. The third kappa shape index (κ3) is 3.00. The molecule has 1 heterocycles. The molecular formula is C13H18N2O4S. The summed E-state index contributed by atoms with van der Waals surface area (Å²) in [5.41, 5.74) is 1.09. The summed E-state index contributed by atoms with van der Waals surface area (Å²) in [6.07, 6.45) is 0.830. The number of nitrogens with zero attached hydrogens (tertiary/aromatic N) is 1. The van der Waals surface area contributed by atoms with Crippen LogP contribution in [0.3, 0.4) is 0 Å². The fraction of sp³-hybridized carbons (Fsp3) is 0.462. The number of likely N-dealkylation sites (tertiary alicyclic amines) is 1. The molecule has 20 heavy (non-hydrogen) atoms. The average molecular weight is 298 g/mol. The second-order valence-corrected chi connectivity index (χ2v) is 6.48. The first-order valence-corrected chi connectivity index (χ1v) is 7.83. The molecule has 1 fully saturated rings. The first-order valence-electron chi connectivity index (χ1n) is 6.28. The van der Waals surface area contributed by atoms with Crippen molar-refractivity contribution in [3.05, 3.63) is 29.3 Å². The minimum atomic E-state index is -3.81. The van der Waals surface area contributed by atoms with Crippen LogP contribution in [0.4, 0.5) is 0 Å². The Hall–Kier alpha value is -1.44. The molecule has 1 amide bonds. The van der Waals surface area contributed by atoms with Gasteiger partial charge in [-0.3, -0.25) is 4.79 Å². The molecule has 1 saturated heterocycles. The molecule has 0 bridgehead atoms. The zero-order valence-electron chi connectivity index (χ0n) is 11.5. The smallest absolute Gasteiger partial charge is 0.254 e. The molecule has 2 N–H and O–H groups in total. The van der Waals surface area contributed by atoms with Gasteiger partial charge in [-0.15, -0.1) is 0 Å². The molecule has 6 nitrogen and oxygen atoms in total. The third-order valence-corrected chi connectivity index (χ3v) is 4.44. The number of amides is 1. The number of benzene rings is 1. The summed E-state index contributed by atoms with van der Waals surface area (Å²) in [4.78, 5) is 14.1. The Labute approximate surface area is 118 Å². The van der Waals surface area contributed by atoms with Crippen molar-refractivity contribution in [3.63, 3.8) is 0 Å². The van der Waals surface area contributed by atoms with E-state index in [9.17, 15) is 13.2 Å². The zero-order chi connectivity index (χ0) is 14.9. The molecule has 1 aromatic carbocycles. The van der Waals surface area contributed by atoms with E-state index in [2.05, 4.69) is 0 Å². The van der Waals surface area contributed by atoms with Gasteiger partial charge in [-0.2, -0.15) is 0 Å². The number of nitrogens with two attached hydrogens (primary N) is 1. The second-order valence-electron chi connectivity index (χ2n) is 4.92. The molecule has 2 rings (SSSR count). The standard InChI is InChI=1S/C13H18N2O4S/c1-9-3-4-11(20(14,17)18)7-12(9)13(16)15-6-5-10(8-15)19-2/h3-4,7,10H,5-6,8H2,1-2H3,(H2,14,17,18). The predicted molar refractivity (Wildman–Crippen MR) is 73.9 cm³/mol. The third-order valence-electron chi connectivity index (χ3n) is 3.53. The van der Waals surface area contributed by atoms with Gasteiger partial charge in [0.1, 0.15) is 0 Å². The summed E-state index contributed by atoms with van der Waals surface area (Å²) in [6, 6.07) is 4.34. The molecule has 1 atom stereocenters. The van der Waals surface area contributed by atoms with Crippen molar-refractivity contribution in [1.82, 2.24) is 4.90 Å². The van der Waals surface area contributed by atoms with E-state index >= 15 is 0 Å². The van der Waals surface area contributed by atoms with E-state index in [1.54, 1.807) is 25.0 Å². The van der Waals surface area contributed by atoms with E-state index in [1.165, 1.54) is 12.1 Å².